The Kier molecular flexibility index (Phi) is 3.66. The van der Waals surface area contributed by atoms with Crippen LogP contribution in [0, 0.1) is 5.92 Å². The molecule has 6 nitrogen and oxygen atoms in total. The second-order valence-corrected chi connectivity index (χ2v) is 6.25. The fraction of sp³-hybridized carbons (Fsp3) is 0.286. The smallest absolute Gasteiger partial charge is 0.259 e. The van der Waals surface area contributed by atoms with Gasteiger partial charge in [-0.25, -0.2) is 0 Å². The Hall–Kier alpha value is -2.28. The summed E-state index contributed by atoms with van der Waals surface area (Å²) < 4.78 is 0. The summed E-state index contributed by atoms with van der Waals surface area (Å²) in [6.07, 6.45) is 2.56. The normalized spacial score (nSPS) is 11.2. The molecule has 0 bridgehead atoms. The molecule has 1 amide bonds. The van der Waals surface area contributed by atoms with Gasteiger partial charge in [-0.3, -0.25) is 15.2 Å². The van der Waals surface area contributed by atoms with Gasteiger partial charge in [-0.05, 0) is 12.0 Å². The van der Waals surface area contributed by atoms with Crippen LogP contribution in [0.5, 0.6) is 0 Å². The van der Waals surface area contributed by atoms with Gasteiger partial charge in [-0.15, -0.1) is 10.2 Å². The fourth-order valence-corrected chi connectivity index (χ4v) is 3.01. The van der Waals surface area contributed by atoms with Gasteiger partial charge >= 0.3 is 0 Å². The number of benzene rings is 1. The van der Waals surface area contributed by atoms with E-state index in [1.807, 2.05) is 12.1 Å². The van der Waals surface area contributed by atoms with Crippen molar-refractivity contribution in [2.24, 2.45) is 5.92 Å². The third kappa shape index (κ3) is 2.92. The van der Waals surface area contributed by atoms with E-state index in [0.717, 1.165) is 22.3 Å². The second-order valence-electron chi connectivity index (χ2n) is 5.19. The van der Waals surface area contributed by atoms with Crippen LogP contribution in [0.25, 0.3) is 10.9 Å². The molecule has 0 spiro atoms. The van der Waals surface area contributed by atoms with E-state index in [1.165, 1.54) is 11.3 Å². The van der Waals surface area contributed by atoms with Crippen LogP contribution in [0.2, 0.25) is 0 Å². The lowest BCUT2D eigenvalue weighted by molar-refractivity contribution is 0.102. The Balaban J connectivity index is 1.80. The Bertz CT molecular complexity index is 776. The molecule has 1 aromatic carbocycles. The lowest BCUT2D eigenvalue weighted by atomic mass is 10.1. The molecule has 0 fully saturated rings. The maximum Gasteiger partial charge on any atom is 0.259 e. The van der Waals surface area contributed by atoms with Crippen molar-refractivity contribution in [2.75, 3.05) is 5.32 Å². The minimum absolute atomic E-state index is 0.211. The molecule has 3 rings (SSSR count). The quantitative estimate of drug-likeness (QED) is 0.776. The molecule has 2 aromatic heterocycles. The van der Waals surface area contributed by atoms with E-state index < -0.39 is 0 Å². The Morgan fingerprint density at radius 1 is 1.38 bits per heavy atom. The van der Waals surface area contributed by atoms with Crippen molar-refractivity contribution in [3.8, 4) is 0 Å². The molecule has 108 valence electrons. The summed E-state index contributed by atoms with van der Waals surface area (Å²) in [4.78, 5) is 12.3. The average Bonchev–Trinajstić information content (AvgIpc) is 3.06. The predicted octanol–water partition coefficient (Wildman–Crippen LogP) is 2.87. The zero-order valence-corrected chi connectivity index (χ0v) is 12.6. The summed E-state index contributed by atoms with van der Waals surface area (Å²) in [5.41, 5.74) is 1.27. The molecule has 0 saturated heterocycles. The molecule has 7 heteroatoms. The first-order valence-corrected chi connectivity index (χ1v) is 7.51. The second kappa shape index (κ2) is 5.61. The molecule has 0 unspecified atom stereocenters. The summed E-state index contributed by atoms with van der Waals surface area (Å²) >= 11 is 1.41. The molecule has 0 radical (unpaired) electrons. The Morgan fingerprint density at radius 3 is 3.05 bits per heavy atom. The number of hydrogen-bond donors (Lipinski definition) is 2. The van der Waals surface area contributed by atoms with Gasteiger partial charge in [-0.2, -0.15) is 5.10 Å². The number of amides is 1. The standard InChI is InChI=1S/C14H15N5OS/c1-8(2)6-11-17-19-14(21-11)16-13(20)10-5-3-4-9-7-15-18-12(9)10/h3-5,7-8H,6H2,1-2H3,(H,15,18)(H,16,19,20). The van der Waals surface area contributed by atoms with E-state index in [0.29, 0.717) is 16.6 Å². The van der Waals surface area contributed by atoms with Gasteiger partial charge in [0.15, 0.2) is 0 Å². The largest absolute Gasteiger partial charge is 0.296 e. The zero-order chi connectivity index (χ0) is 14.8. The number of fused-ring (bicyclic) bond motifs is 1. The predicted molar refractivity (Wildman–Crippen MR) is 82.5 cm³/mol. The van der Waals surface area contributed by atoms with Crippen LogP contribution in [-0.2, 0) is 6.42 Å². The van der Waals surface area contributed by atoms with Gasteiger partial charge in [0.1, 0.15) is 5.01 Å². The number of carbonyl (C=O) groups is 1. The first kappa shape index (κ1) is 13.7. The minimum Gasteiger partial charge on any atom is -0.296 e. The highest BCUT2D eigenvalue weighted by molar-refractivity contribution is 7.15. The molecular weight excluding hydrogens is 286 g/mol. The van der Waals surface area contributed by atoms with Crippen molar-refractivity contribution >= 4 is 33.3 Å². The molecule has 2 N–H and O–H groups in total. The van der Waals surface area contributed by atoms with Gasteiger partial charge in [0.05, 0.1) is 17.3 Å². The minimum atomic E-state index is -0.211. The summed E-state index contributed by atoms with van der Waals surface area (Å²) in [5.74, 6) is 0.303. The number of carbonyl (C=O) groups excluding carboxylic acids is 1. The van der Waals surface area contributed by atoms with E-state index >= 15 is 0 Å². The van der Waals surface area contributed by atoms with Gasteiger partial charge in [-0.1, -0.05) is 37.3 Å². The van der Waals surface area contributed by atoms with Crippen LogP contribution in [0.15, 0.2) is 24.4 Å². The highest BCUT2D eigenvalue weighted by atomic mass is 32.1. The fourth-order valence-electron chi connectivity index (χ4n) is 2.06. The van der Waals surface area contributed by atoms with E-state index in [1.54, 1.807) is 12.3 Å². The highest BCUT2D eigenvalue weighted by Gasteiger charge is 2.14. The van der Waals surface area contributed by atoms with Crippen molar-refractivity contribution in [3.63, 3.8) is 0 Å². The molecule has 0 atom stereocenters. The van der Waals surface area contributed by atoms with Crippen molar-refractivity contribution in [3.05, 3.63) is 35.0 Å². The zero-order valence-electron chi connectivity index (χ0n) is 11.8. The maximum atomic E-state index is 12.3. The summed E-state index contributed by atoms with van der Waals surface area (Å²) in [6.45, 7) is 4.25. The third-order valence-corrected chi connectivity index (χ3v) is 3.85. The van der Waals surface area contributed by atoms with Crippen LogP contribution in [0.3, 0.4) is 0 Å². The van der Waals surface area contributed by atoms with Crippen molar-refractivity contribution in [1.82, 2.24) is 20.4 Å². The van der Waals surface area contributed by atoms with E-state index in [9.17, 15) is 4.79 Å². The molecule has 0 saturated carbocycles. The number of nitrogens with one attached hydrogen (secondary N) is 2. The van der Waals surface area contributed by atoms with Crippen molar-refractivity contribution < 1.29 is 4.79 Å². The van der Waals surface area contributed by atoms with Crippen molar-refractivity contribution in [2.45, 2.75) is 20.3 Å². The molecule has 0 aliphatic heterocycles. The first-order valence-electron chi connectivity index (χ1n) is 6.69. The van der Waals surface area contributed by atoms with Crippen LogP contribution in [0.1, 0.15) is 29.2 Å². The van der Waals surface area contributed by atoms with E-state index in [4.69, 9.17) is 0 Å². The average molecular weight is 301 g/mol. The summed E-state index contributed by atoms with van der Waals surface area (Å²) in [5, 5.41) is 20.0. The molecule has 3 aromatic rings. The molecule has 0 aliphatic carbocycles. The van der Waals surface area contributed by atoms with Crippen molar-refractivity contribution in [1.29, 1.82) is 0 Å². The number of H-pyrrole nitrogens is 1. The Morgan fingerprint density at radius 2 is 2.24 bits per heavy atom. The number of para-hydroxylation sites is 1. The number of anilines is 1. The first-order chi connectivity index (χ1) is 10.1. The lowest BCUT2D eigenvalue weighted by Crippen LogP contribution is -2.12. The van der Waals surface area contributed by atoms with E-state index in [-0.39, 0.29) is 5.91 Å². The number of aromatic nitrogens is 4. The van der Waals surface area contributed by atoms with Crippen LogP contribution >= 0.6 is 11.3 Å². The molecule has 2 heterocycles. The Labute approximate surface area is 125 Å². The van der Waals surface area contributed by atoms with E-state index in [2.05, 4.69) is 39.6 Å². The SMILES string of the molecule is CC(C)Cc1nnc(NC(=O)c2cccc3cn[nH]c23)s1. The number of aromatic amines is 1. The van der Waals surface area contributed by atoms with Gasteiger partial charge in [0.2, 0.25) is 5.13 Å². The number of hydrogen-bond acceptors (Lipinski definition) is 5. The number of rotatable bonds is 4. The lowest BCUT2D eigenvalue weighted by Gasteiger charge is -2.02. The maximum absolute atomic E-state index is 12.3. The molecule has 0 aliphatic rings. The summed E-state index contributed by atoms with van der Waals surface area (Å²) in [7, 11) is 0. The summed E-state index contributed by atoms with van der Waals surface area (Å²) in [6, 6.07) is 5.49. The van der Waals surface area contributed by atoms with Gasteiger partial charge in [0, 0.05) is 11.8 Å². The molecular formula is C14H15N5OS. The van der Waals surface area contributed by atoms with Gasteiger partial charge < -0.3 is 0 Å². The van der Waals surface area contributed by atoms with Crippen LogP contribution in [0.4, 0.5) is 5.13 Å². The van der Waals surface area contributed by atoms with Gasteiger partial charge in [0.25, 0.3) is 5.91 Å². The monoisotopic (exact) mass is 301 g/mol. The third-order valence-electron chi connectivity index (χ3n) is 2.99. The van der Waals surface area contributed by atoms with Crippen LogP contribution in [-0.4, -0.2) is 26.3 Å². The number of nitrogens with zero attached hydrogens (tertiary/aromatic N) is 3. The molecule has 21 heavy (non-hydrogen) atoms. The highest BCUT2D eigenvalue weighted by Crippen LogP contribution is 2.21. The van der Waals surface area contributed by atoms with Crippen LogP contribution < -0.4 is 5.32 Å². The topological polar surface area (TPSA) is 83.6 Å².